The third kappa shape index (κ3) is 8.09. The third-order valence-corrected chi connectivity index (χ3v) is 6.13. The zero-order valence-corrected chi connectivity index (χ0v) is 20.0. The van der Waals surface area contributed by atoms with Gasteiger partial charge in [-0.05, 0) is 42.7 Å². The predicted octanol–water partition coefficient (Wildman–Crippen LogP) is 6.55. The Hall–Kier alpha value is -1.89. The second kappa shape index (κ2) is 15.9. The molecule has 0 saturated heterocycles. The molecule has 0 fully saturated rings. The van der Waals surface area contributed by atoms with E-state index in [0.717, 1.165) is 36.5 Å². The molecular formula is C24H33NO3S2. The second-order valence-corrected chi connectivity index (χ2v) is 8.23. The largest absolute Gasteiger partial charge is 0.464 e. The van der Waals surface area contributed by atoms with Crippen molar-refractivity contribution in [1.29, 1.82) is 0 Å². The van der Waals surface area contributed by atoms with Crippen LogP contribution < -0.4 is 9.64 Å². The molecule has 2 aromatic carbocycles. The summed E-state index contributed by atoms with van der Waals surface area (Å²) < 4.78 is 5.65. The Balaban J connectivity index is 0.000000673. The Kier molecular flexibility index (Phi) is 13.8. The number of aliphatic hydroxyl groups excluding tert-OH is 1. The highest BCUT2D eigenvalue weighted by Crippen LogP contribution is 2.43. The maximum Gasteiger partial charge on any atom is 0.145 e. The lowest BCUT2D eigenvalue weighted by Crippen LogP contribution is -2.18. The number of aldehydes is 1. The number of hydrogen-bond donors (Lipinski definition) is 1. The SMILES string of the molecule is CCCC.CO.CSc1cc2c(cc1O/C=C/C=O)SCCCN2c1ccccc1. The highest BCUT2D eigenvalue weighted by atomic mass is 32.2. The minimum atomic E-state index is 0.716. The monoisotopic (exact) mass is 447 g/mol. The van der Waals surface area contributed by atoms with Gasteiger partial charge in [-0.3, -0.25) is 4.79 Å². The van der Waals surface area contributed by atoms with Gasteiger partial charge in [0.1, 0.15) is 12.0 Å². The van der Waals surface area contributed by atoms with Crippen molar-refractivity contribution in [2.24, 2.45) is 0 Å². The molecule has 1 N–H and O–H groups in total. The van der Waals surface area contributed by atoms with Crippen LogP contribution in [0.4, 0.5) is 11.4 Å². The standard InChI is InChI=1S/C19H19NO2S2.C4H10.CH4O/c1-23-19-13-16-18(14-17(19)22-11-6-10-21)24-12-5-9-20(16)15-7-3-2-4-8-15;1-3-4-2;1-2/h2-4,6-8,10-11,13-14H,5,9,12H2,1H3;3-4H2,1-2H3;2H,1H3/b11-6+;;. The molecule has 0 aliphatic carbocycles. The van der Waals surface area contributed by atoms with Gasteiger partial charge >= 0.3 is 0 Å². The van der Waals surface area contributed by atoms with E-state index in [1.807, 2.05) is 24.1 Å². The summed E-state index contributed by atoms with van der Waals surface area (Å²) in [5.74, 6) is 1.88. The van der Waals surface area contributed by atoms with Crippen molar-refractivity contribution in [3.63, 3.8) is 0 Å². The van der Waals surface area contributed by atoms with Crippen molar-refractivity contribution in [3.8, 4) is 5.75 Å². The Bertz CT molecular complexity index is 765. The number of carbonyl (C=O) groups excluding carboxylic acids is 1. The number of ether oxygens (including phenoxy) is 1. The molecule has 0 radical (unpaired) electrons. The van der Waals surface area contributed by atoms with E-state index in [4.69, 9.17) is 9.84 Å². The molecule has 6 heteroatoms. The molecule has 0 saturated carbocycles. The number of aliphatic hydroxyl groups is 1. The molecule has 3 rings (SSSR count). The maximum atomic E-state index is 10.4. The zero-order valence-electron chi connectivity index (χ0n) is 18.3. The van der Waals surface area contributed by atoms with Crippen LogP contribution in [0.2, 0.25) is 0 Å². The van der Waals surface area contributed by atoms with E-state index in [1.165, 1.54) is 41.4 Å². The molecule has 0 atom stereocenters. The molecule has 0 bridgehead atoms. The van der Waals surface area contributed by atoms with Gasteiger partial charge in [0.05, 0.1) is 16.8 Å². The Labute approximate surface area is 189 Å². The normalized spacial score (nSPS) is 12.6. The van der Waals surface area contributed by atoms with Crippen molar-refractivity contribution in [2.75, 3.05) is 30.6 Å². The van der Waals surface area contributed by atoms with E-state index in [2.05, 4.69) is 55.1 Å². The van der Waals surface area contributed by atoms with Crippen LogP contribution in [-0.4, -0.2) is 37.1 Å². The van der Waals surface area contributed by atoms with E-state index in [9.17, 15) is 4.79 Å². The summed E-state index contributed by atoms with van der Waals surface area (Å²) in [5.41, 5.74) is 2.43. The molecule has 30 heavy (non-hydrogen) atoms. The Morgan fingerprint density at radius 3 is 2.47 bits per heavy atom. The maximum absolute atomic E-state index is 10.4. The fourth-order valence-electron chi connectivity index (χ4n) is 2.65. The summed E-state index contributed by atoms with van der Waals surface area (Å²) in [6.45, 7) is 5.36. The van der Waals surface area contributed by atoms with Gasteiger partial charge in [-0.15, -0.1) is 23.5 Å². The van der Waals surface area contributed by atoms with Gasteiger partial charge in [0.15, 0.2) is 0 Å². The molecular weight excluding hydrogens is 414 g/mol. The first-order valence-corrected chi connectivity index (χ1v) is 12.3. The average Bonchev–Trinajstić information content (AvgIpc) is 3.02. The molecule has 0 spiro atoms. The number of unbranched alkanes of at least 4 members (excludes halogenated alkanes) is 1. The second-order valence-electron chi connectivity index (χ2n) is 6.24. The number of anilines is 2. The number of rotatable bonds is 6. The molecule has 2 aromatic rings. The van der Waals surface area contributed by atoms with Gasteiger partial charge < -0.3 is 14.7 Å². The fraction of sp³-hybridized carbons (Fsp3) is 0.375. The molecule has 1 aliphatic rings. The lowest BCUT2D eigenvalue weighted by atomic mass is 10.2. The molecule has 0 unspecified atom stereocenters. The van der Waals surface area contributed by atoms with E-state index < -0.39 is 0 Å². The van der Waals surface area contributed by atoms with Gasteiger partial charge in [-0.25, -0.2) is 0 Å². The first-order chi connectivity index (χ1) is 14.7. The van der Waals surface area contributed by atoms with Crippen LogP contribution in [0, 0.1) is 0 Å². The van der Waals surface area contributed by atoms with Crippen LogP contribution in [0.1, 0.15) is 33.1 Å². The summed E-state index contributed by atoms with van der Waals surface area (Å²) >= 11 is 3.50. The summed E-state index contributed by atoms with van der Waals surface area (Å²) in [6.07, 6.45) is 9.32. The van der Waals surface area contributed by atoms with Gasteiger partial charge in [-0.2, -0.15) is 0 Å². The summed E-state index contributed by atoms with van der Waals surface area (Å²) in [7, 11) is 1.00. The number of fused-ring (bicyclic) bond motifs is 1. The summed E-state index contributed by atoms with van der Waals surface area (Å²) in [5, 5.41) is 7.00. The third-order valence-electron chi connectivity index (χ3n) is 4.24. The van der Waals surface area contributed by atoms with Crippen LogP contribution in [0.25, 0.3) is 0 Å². The van der Waals surface area contributed by atoms with Gasteiger partial charge in [0, 0.05) is 30.3 Å². The zero-order chi connectivity index (χ0) is 22.2. The molecule has 0 aromatic heterocycles. The van der Waals surface area contributed by atoms with Crippen molar-refractivity contribution in [1.82, 2.24) is 0 Å². The number of nitrogens with zero attached hydrogens (tertiary/aromatic N) is 1. The fourth-order valence-corrected chi connectivity index (χ4v) is 4.19. The van der Waals surface area contributed by atoms with Crippen LogP contribution in [0.15, 0.2) is 64.6 Å². The minimum Gasteiger partial charge on any atom is -0.464 e. The van der Waals surface area contributed by atoms with Crippen LogP contribution in [0.5, 0.6) is 5.75 Å². The van der Waals surface area contributed by atoms with Crippen LogP contribution in [-0.2, 0) is 4.79 Å². The highest BCUT2D eigenvalue weighted by Gasteiger charge is 2.20. The average molecular weight is 448 g/mol. The number of thioether (sulfide) groups is 2. The topological polar surface area (TPSA) is 49.8 Å². The molecule has 0 amide bonds. The van der Waals surface area contributed by atoms with Gasteiger partial charge in [0.2, 0.25) is 0 Å². The molecule has 4 nitrogen and oxygen atoms in total. The van der Waals surface area contributed by atoms with E-state index in [1.54, 1.807) is 11.8 Å². The number of hydrogen-bond acceptors (Lipinski definition) is 6. The highest BCUT2D eigenvalue weighted by molar-refractivity contribution is 7.99. The quantitative estimate of drug-likeness (QED) is 0.234. The number of benzene rings is 2. The summed E-state index contributed by atoms with van der Waals surface area (Å²) in [6, 6.07) is 14.8. The van der Waals surface area contributed by atoms with Crippen LogP contribution in [0.3, 0.4) is 0 Å². The van der Waals surface area contributed by atoms with E-state index in [0.29, 0.717) is 6.29 Å². The van der Waals surface area contributed by atoms with Gasteiger partial charge in [0.25, 0.3) is 0 Å². The van der Waals surface area contributed by atoms with E-state index >= 15 is 0 Å². The lowest BCUT2D eigenvalue weighted by Gasteiger charge is -2.25. The van der Waals surface area contributed by atoms with Crippen molar-refractivity contribution >= 4 is 41.2 Å². The van der Waals surface area contributed by atoms with E-state index in [-0.39, 0.29) is 0 Å². The first kappa shape index (κ1) is 26.1. The van der Waals surface area contributed by atoms with Crippen LogP contribution >= 0.6 is 23.5 Å². The number of carbonyl (C=O) groups is 1. The smallest absolute Gasteiger partial charge is 0.145 e. The number of allylic oxidation sites excluding steroid dienone is 1. The Morgan fingerprint density at radius 1 is 1.17 bits per heavy atom. The lowest BCUT2D eigenvalue weighted by molar-refractivity contribution is -0.104. The summed E-state index contributed by atoms with van der Waals surface area (Å²) in [4.78, 5) is 15.1. The van der Waals surface area contributed by atoms with Crippen molar-refractivity contribution in [3.05, 3.63) is 54.8 Å². The minimum absolute atomic E-state index is 0.716. The molecule has 164 valence electrons. The van der Waals surface area contributed by atoms with Crippen molar-refractivity contribution < 1.29 is 14.6 Å². The van der Waals surface area contributed by atoms with Gasteiger partial charge in [-0.1, -0.05) is 44.9 Å². The molecule has 1 heterocycles. The Morgan fingerprint density at radius 2 is 1.87 bits per heavy atom. The first-order valence-electron chi connectivity index (χ1n) is 10.1. The van der Waals surface area contributed by atoms with Crippen molar-refractivity contribution in [2.45, 2.75) is 42.9 Å². The molecule has 1 aliphatic heterocycles. The predicted molar refractivity (Wildman–Crippen MR) is 132 cm³/mol. The number of para-hydroxylation sites is 1.